The molecule has 0 aromatic carbocycles. The summed E-state index contributed by atoms with van der Waals surface area (Å²) in [4.78, 5) is 13.4. The standard InChI is InChI=1S/C13H20N6O/c1-9(20)19-5-4-12-11(8-19)13(16-18(12)3)15-10-6-14-17(2)7-10/h6,10H,4-5,7-8H2,1-3H3,(H,15,16). The zero-order valence-electron chi connectivity index (χ0n) is 12.1. The van der Waals surface area contributed by atoms with Crippen molar-refractivity contribution in [2.24, 2.45) is 12.1 Å². The largest absolute Gasteiger partial charge is 0.359 e. The SMILES string of the molecule is CC(=O)N1CCc2c(c(NC3C=NN(C)C3)nn2C)C1. The maximum absolute atomic E-state index is 11.6. The van der Waals surface area contributed by atoms with Gasteiger partial charge in [-0.2, -0.15) is 10.2 Å². The fraction of sp³-hybridized carbons (Fsp3) is 0.615. The number of aromatic nitrogens is 2. The van der Waals surface area contributed by atoms with E-state index in [0.717, 1.165) is 30.9 Å². The van der Waals surface area contributed by atoms with E-state index in [1.165, 1.54) is 5.69 Å². The molecule has 108 valence electrons. The van der Waals surface area contributed by atoms with Gasteiger partial charge in [0.25, 0.3) is 0 Å². The predicted octanol–water partition coefficient (Wildman–Crippen LogP) is 0.0364. The molecule has 2 aliphatic heterocycles. The summed E-state index contributed by atoms with van der Waals surface area (Å²) in [5, 5.41) is 14.1. The molecule has 0 spiro atoms. The minimum Gasteiger partial charge on any atom is -0.359 e. The lowest BCUT2D eigenvalue weighted by molar-refractivity contribution is -0.129. The Morgan fingerprint density at radius 2 is 2.25 bits per heavy atom. The first-order valence-corrected chi connectivity index (χ1v) is 6.86. The van der Waals surface area contributed by atoms with Crippen LogP contribution in [0.25, 0.3) is 0 Å². The summed E-state index contributed by atoms with van der Waals surface area (Å²) in [6, 6.07) is 0.173. The number of likely N-dealkylation sites (N-methyl/N-ethyl adjacent to an activating group) is 1. The third-order valence-corrected chi connectivity index (χ3v) is 3.91. The molecule has 1 atom stereocenters. The van der Waals surface area contributed by atoms with Gasteiger partial charge in [0.05, 0.1) is 19.1 Å². The Bertz CT molecular complexity index is 563. The van der Waals surface area contributed by atoms with Crippen molar-refractivity contribution < 1.29 is 4.79 Å². The Labute approximate surface area is 118 Å². The summed E-state index contributed by atoms with van der Waals surface area (Å²) in [7, 11) is 3.91. The molecular weight excluding hydrogens is 256 g/mol. The first kappa shape index (κ1) is 13.0. The molecule has 1 aromatic heterocycles. The minimum absolute atomic E-state index is 0.118. The van der Waals surface area contributed by atoms with Gasteiger partial charge in [-0.05, 0) is 0 Å². The van der Waals surface area contributed by atoms with Gasteiger partial charge in [0, 0.05) is 51.5 Å². The molecule has 7 heteroatoms. The Hall–Kier alpha value is -2.05. The van der Waals surface area contributed by atoms with Gasteiger partial charge in [-0.3, -0.25) is 14.5 Å². The number of amides is 1. The van der Waals surface area contributed by atoms with Gasteiger partial charge in [0.2, 0.25) is 5.91 Å². The molecule has 3 rings (SSSR count). The summed E-state index contributed by atoms with van der Waals surface area (Å²) in [5.41, 5.74) is 2.35. The molecule has 1 aromatic rings. The Balaban J connectivity index is 1.82. The van der Waals surface area contributed by atoms with Gasteiger partial charge in [-0.1, -0.05) is 0 Å². The van der Waals surface area contributed by atoms with Crippen LogP contribution < -0.4 is 5.32 Å². The van der Waals surface area contributed by atoms with Crippen LogP contribution in [0.15, 0.2) is 5.10 Å². The van der Waals surface area contributed by atoms with Crippen LogP contribution in [0, 0.1) is 0 Å². The molecule has 1 unspecified atom stereocenters. The van der Waals surface area contributed by atoms with Crippen LogP contribution in [-0.4, -0.2) is 58.0 Å². The van der Waals surface area contributed by atoms with Gasteiger partial charge in [0.15, 0.2) is 5.82 Å². The van der Waals surface area contributed by atoms with E-state index in [1.807, 2.05) is 34.9 Å². The number of nitrogens with zero attached hydrogens (tertiary/aromatic N) is 5. The van der Waals surface area contributed by atoms with Crippen LogP contribution in [0.4, 0.5) is 5.82 Å². The van der Waals surface area contributed by atoms with Crippen molar-refractivity contribution in [2.45, 2.75) is 25.9 Å². The van der Waals surface area contributed by atoms with Crippen LogP contribution in [0.2, 0.25) is 0 Å². The third-order valence-electron chi connectivity index (χ3n) is 3.91. The quantitative estimate of drug-likeness (QED) is 0.828. The second-order valence-corrected chi connectivity index (χ2v) is 5.44. The highest BCUT2D eigenvalue weighted by molar-refractivity contribution is 5.74. The molecule has 0 radical (unpaired) electrons. The van der Waals surface area contributed by atoms with Gasteiger partial charge in [0.1, 0.15) is 0 Å². The summed E-state index contributed by atoms with van der Waals surface area (Å²) in [6.45, 7) is 3.87. The average molecular weight is 276 g/mol. The van der Waals surface area contributed by atoms with E-state index in [9.17, 15) is 4.79 Å². The number of hydrogen-bond donors (Lipinski definition) is 1. The van der Waals surface area contributed by atoms with Crippen molar-refractivity contribution in [2.75, 3.05) is 25.5 Å². The van der Waals surface area contributed by atoms with Crippen molar-refractivity contribution >= 4 is 17.9 Å². The second-order valence-electron chi connectivity index (χ2n) is 5.44. The first-order chi connectivity index (χ1) is 9.54. The van der Waals surface area contributed by atoms with Crippen molar-refractivity contribution in [1.82, 2.24) is 19.7 Å². The van der Waals surface area contributed by atoms with Crippen molar-refractivity contribution in [3.63, 3.8) is 0 Å². The molecule has 0 saturated heterocycles. The normalized spacial score (nSPS) is 21.2. The molecule has 2 aliphatic rings. The summed E-state index contributed by atoms with van der Waals surface area (Å²) in [5.74, 6) is 0.993. The highest BCUT2D eigenvalue weighted by atomic mass is 16.2. The monoisotopic (exact) mass is 276 g/mol. The number of nitrogens with one attached hydrogen (secondary N) is 1. The lowest BCUT2D eigenvalue weighted by Gasteiger charge is -2.26. The molecule has 1 amide bonds. The molecule has 3 heterocycles. The highest BCUT2D eigenvalue weighted by Crippen LogP contribution is 2.26. The van der Waals surface area contributed by atoms with Crippen LogP contribution >= 0.6 is 0 Å². The van der Waals surface area contributed by atoms with Crippen LogP contribution in [0.3, 0.4) is 0 Å². The molecule has 0 saturated carbocycles. The molecule has 20 heavy (non-hydrogen) atoms. The zero-order valence-corrected chi connectivity index (χ0v) is 12.1. The smallest absolute Gasteiger partial charge is 0.219 e. The van der Waals surface area contributed by atoms with Crippen molar-refractivity contribution in [3.05, 3.63) is 11.3 Å². The highest BCUT2D eigenvalue weighted by Gasteiger charge is 2.26. The number of hydrogen-bond acceptors (Lipinski definition) is 5. The van der Waals surface area contributed by atoms with Gasteiger partial charge in [-0.25, -0.2) is 0 Å². The molecule has 7 nitrogen and oxygen atoms in total. The number of fused-ring (bicyclic) bond motifs is 1. The summed E-state index contributed by atoms with van der Waals surface area (Å²) >= 11 is 0. The van der Waals surface area contributed by atoms with Gasteiger partial charge in [-0.15, -0.1) is 0 Å². The van der Waals surface area contributed by atoms with Gasteiger partial charge < -0.3 is 10.2 Å². The van der Waals surface area contributed by atoms with E-state index in [0.29, 0.717) is 6.54 Å². The Morgan fingerprint density at radius 3 is 2.90 bits per heavy atom. The lowest BCUT2D eigenvalue weighted by atomic mass is 10.1. The van der Waals surface area contributed by atoms with Crippen LogP contribution in [-0.2, 0) is 24.8 Å². The van der Waals surface area contributed by atoms with Crippen LogP contribution in [0.1, 0.15) is 18.2 Å². The van der Waals surface area contributed by atoms with Crippen molar-refractivity contribution in [3.8, 4) is 0 Å². The third kappa shape index (κ3) is 2.23. The van der Waals surface area contributed by atoms with Crippen molar-refractivity contribution in [1.29, 1.82) is 0 Å². The molecule has 0 bridgehead atoms. The molecule has 1 N–H and O–H groups in total. The number of carbonyl (C=O) groups is 1. The fourth-order valence-corrected chi connectivity index (χ4v) is 2.81. The second kappa shape index (κ2) is 4.81. The predicted molar refractivity (Wildman–Crippen MR) is 76.5 cm³/mol. The van der Waals surface area contributed by atoms with E-state index in [2.05, 4.69) is 15.5 Å². The van der Waals surface area contributed by atoms with E-state index in [1.54, 1.807) is 6.92 Å². The average Bonchev–Trinajstić information content (AvgIpc) is 2.95. The number of anilines is 1. The van der Waals surface area contributed by atoms with Crippen LogP contribution in [0.5, 0.6) is 0 Å². The first-order valence-electron chi connectivity index (χ1n) is 6.86. The maximum atomic E-state index is 11.6. The number of carbonyl (C=O) groups excluding carboxylic acids is 1. The van der Waals surface area contributed by atoms with E-state index in [-0.39, 0.29) is 11.9 Å². The Morgan fingerprint density at radius 1 is 1.45 bits per heavy atom. The lowest BCUT2D eigenvalue weighted by Crippen LogP contribution is -2.35. The van der Waals surface area contributed by atoms with E-state index < -0.39 is 0 Å². The number of hydrazone groups is 1. The molecular formula is C13H20N6O. The Kier molecular flexibility index (Phi) is 3.11. The molecule has 0 aliphatic carbocycles. The maximum Gasteiger partial charge on any atom is 0.219 e. The summed E-state index contributed by atoms with van der Waals surface area (Å²) in [6.07, 6.45) is 2.76. The topological polar surface area (TPSA) is 65.8 Å². The number of aryl methyl sites for hydroxylation is 1. The van der Waals surface area contributed by atoms with E-state index in [4.69, 9.17) is 0 Å². The summed E-state index contributed by atoms with van der Waals surface area (Å²) < 4.78 is 1.92. The minimum atomic E-state index is 0.118. The van der Waals surface area contributed by atoms with E-state index >= 15 is 0 Å². The van der Waals surface area contributed by atoms with Gasteiger partial charge >= 0.3 is 0 Å². The molecule has 0 fully saturated rings. The zero-order chi connectivity index (χ0) is 14.3. The number of rotatable bonds is 2. The fourth-order valence-electron chi connectivity index (χ4n) is 2.81.